The lowest BCUT2D eigenvalue weighted by Crippen LogP contribution is -2.37. The number of carbonyl (C=O) groups is 1. The molecule has 0 spiro atoms. The average molecular weight is 340 g/mol. The number of hydrogen-bond donors (Lipinski definition) is 0. The molecule has 3 rings (SSSR count). The van der Waals surface area contributed by atoms with Gasteiger partial charge in [-0.05, 0) is 43.0 Å². The number of benzene rings is 1. The molecule has 1 saturated heterocycles. The average Bonchev–Trinajstić information content (AvgIpc) is 2.68. The molecule has 1 aliphatic rings. The van der Waals surface area contributed by atoms with E-state index in [1.54, 1.807) is 18.2 Å². The maximum atomic E-state index is 12.6. The molecule has 0 saturated carbocycles. The van der Waals surface area contributed by atoms with E-state index in [0.717, 1.165) is 30.6 Å². The summed E-state index contributed by atoms with van der Waals surface area (Å²) in [7, 11) is 3.43. The van der Waals surface area contributed by atoms with Crippen molar-refractivity contribution in [1.82, 2.24) is 9.88 Å². The topological polar surface area (TPSA) is 51.7 Å². The van der Waals surface area contributed by atoms with Gasteiger partial charge in [-0.3, -0.25) is 4.79 Å². The van der Waals surface area contributed by atoms with Crippen molar-refractivity contribution >= 4 is 5.91 Å². The molecule has 1 aromatic heterocycles. The fraction of sp³-hybridized carbons (Fsp3) is 0.400. The first-order valence-electron chi connectivity index (χ1n) is 8.65. The van der Waals surface area contributed by atoms with Gasteiger partial charge in [0.2, 0.25) is 5.88 Å². The molecule has 0 unspecified atom stereocenters. The van der Waals surface area contributed by atoms with Crippen molar-refractivity contribution in [2.75, 3.05) is 27.3 Å². The van der Waals surface area contributed by atoms with Crippen LogP contribution in [0.1, 0.15) is 29.6 Å². The molecular weight excluding hydrogens is 316 g/mol. The van der Waals surface area contributed by atoms with Crippen LogP contribution in [-0.4, -0.2) is 49.2 Å². The zero-order valence-electron chi connectivity index (χ0n) is 14.8. The van der Waals surface area contributed by atoms with E-state index in [-0.39, 0.29) is 12.0 Å². The van der Waals surface area contributed by atoms with Crippen molar-refractivity contribution in [1.29, 1.82) is 0 Å². The summed E-state index contributed by atoms with van der Waals surface area (Å²) in [6.45, 7) is 1.44. The molecule has 2 heterocycles. The van der Waals surface area contributed by atoms with E-state index in [4.69, 9.17) is 9.47 Å². The van der Waals surface area contributed by atoms with Crippen molar-refractivity contribution in [2.24, 2.45) is 0 Å². The van der Waals surface area contributed by atoms with Crippen molar-refractivity contribution in [2.45, 2.75) is 25.4 Å². The van der Waals surface area contributed by atoms with E-state index < -0.39 is 0 Å². The molecule has 5 heteroatoms. The van der Waals surface area contributed by atoms with Gasteiger partial charge >= 0.3 is 0 Å². The third-order valence-electron chi connectivity index (χ3n) is 4.51. The van der Waals surface area contributed by atoms with Gasteiger partial charge in [0.1, 0.15) is 0 Å². The summed E-state index contributed by atoms with van der Waals surface area (Å²) in [4.78, 5) is 18.6. The summed E-state index contributed by atoms with van der Waals surface area (Å²) in [6.07, 6.45) is 5.25. The number of carbonyl (C=O) groups excluding carboxylic acids is 1. The molecule has 1 amide bonds. The molecule has 1 aromatic carbocycles. The molecule has 5 nitrogen and oxygen atoms in total. The zero-order valence-corrected chi connectivity index (χ0v) is 14.8. The van der Waals surface area contributed by atoms with Crippen LogP contribution in [0.5, 0.6) is 5.88 Å². The number of likely N-dealkylation sites (N-methyl/N-ethyl adjacent to an activating group) is 1. The number of amides is 1. The van der Waals surface area contributed by atoms with Gasteiger partial charge < -0.3 is 14.4 Å². The molecule has 2 aromatic rings. The van der Waals surface area contributed by atoms with E-state index in [0.29, 0.717) is 18.0 Å². The fourth-order valence-corrected chi connectivity index (χ4v) is 3.04. The smallest absolute Gasteiger partial charge is 0.253 e. The Bertz CT molecular complexity index is 692. The Labute approximate surface area is 148 Å². The normalized spacial score (nSPS) is 17.1. The van der Waals surface area contributed by atoms with Crippen molar-refractivity contribution in [3.8, 4) is 17.0 Å². The molecule has 1 atom stereocenters. The SMILES string of the molecule is COc1ccc(-c2ccc(C(=O)N(C)C[C@@H]3CCCCO3)cc2)cn1. The lowest BCUT2D eigenvalue weighted by molar-refractivity contribution is -0.000186. The standard InChI is InChI=1S/C20H24N2O3/c1-22(14-18-5-3-4-12-25-18)20(23)16-8-6-15(7-9-16)17-10-11-19(24-2)21-13-17/h6-11,13,18H,3-5,12,14H2,1-2H3/t18-/m0/s1. The van der Waals surface area contributed by atoms with Crippen LogP contribution >= 0.6 is 0 Å². The van der Waals surface area contributed by atoms with Gasteiger partial charge in [-0.2, -0.15) is 0 Å². The molecule has 1 fully saturated rings. The Morgan fingerprint density at radius 1 is 1.20 bits per heavy atom. The number of aromatic nitrogens is 1. The Kier molecular flexibility index (Phi) is 5.66. The van der Waals surface area contributed by atoms with Gasteiger partial charge in [-0.1, -0.05) is 12.1 Å². The van der Waals surface area contributed by atoms with E-state index in [2.05, 4.69) is 4.98 Å². The molecule has 1 aliphatic heterocycles. The zero-order chi connectivity index (χ0) is 17.6. The van der Waals surface area contributed by atoms with E-state index >= 15 is 0 Å². The Hall–Kier alpha value is -2.40. The molecule has 0 N–H and O–H groups in total. The summed E-state index contributed by atoms with van der Waals surface area (Å²) in [5, 5.41) is 0. The predicted octanol–water partition coefficient (Wildman–Crippen LogP) is 3.40. The minimum absolute atomic E-state index is 0.0218. The number of pyridine rings is 1. The van der Waals surface area contributed by atoms with Crippen LogP contribution in [0.25, 0.3) is 11.1 Å². The third-order valence-corrected chi connectivity index (χ3v) is 4.51. The highest BCUT2D eigenvalue weighted by atomic mass is 16.5. The number of rotatable bonds is 5. The maximum Gasteiger partial charge on any atom is 0.253 e. The quantitative estimate of drug-likeness (QED) is 0.837. The van der Waals surface area contributed by atoms with Crippen LogP contribution < -0.4 is 4.74 Å². The summed E-state index contributed by atoms with van der Waals surface area (Å²) in [6, 6.07) is 11.4. The van der Waals surface area contributed by atoms with Crippen LogP contribution in [0.4, 0.5) is 0 Å². The Balaban J connectivity index is 1.65. The molecule has 132 valence electrons. The van der Waals surface area contributed by atoms with E-state index in [9.17, 15) is 4.79 Å². The van der Waals surface area contributed by atoms with Crippen molar-refractivity contribution in [3.05, 3.63) is 48.2 Å². The van der Waals surface area contributed by atoms with Crippen LogP contribution in [0.3, 0.4) is 0 Å². The third kappa shape index (κ3) is 4.37. The molecular formula is C20H24N2O3. The number of ether oxygens (including phenoxy) is 2. The number of methoxy groups -OCH3 is 1. The van der Waals surface area contributed by atoms with Gasteiger partial charge in [-0.25, -0.2) is 4.98 Å². The lowest BCUT2D eigenvalue weighted by atomic mass is 10.0. The molecule has 0 radical (unpaired) electrons. The minimum atomic E-state index is 0.0218. The van der Waals surface area contributed by atoms with Crippen LogP contribution in [0.2, 0.25) is 0 Å². The highest BCUT2D eigenvalue weighted by molar-refractivity contribution is 5.94. The van der Waals surface area contributed by atoms with Gasteiger partial charge in [-0.15, -0.1) is 0 Å². The summed E-state index contributed by atoms with van der Waals surface area (Å²) < 4.78 is 10.8. The first-order valence-corrected chi connectivity index (χ1v) is 8.65. The second-order valence-electron chi connectivity index (χ2n) is 6.34. The van der Waals surface area contributed by atoms with Gasteiger partial charge in [0.05, 0.1) is 13.2 Å². The van der Waals surface area contributed by atoms with Gasteiger partial charge in [0.25, 0.3) is 5.91 Å². The highest BCUT2D eigenvalue weighted by Crippen LogP contribution is 2.21. The maximum absolute atomic E-state index is 12.6. The predicted molar refractivity (Wildman–Crippen MR) is 96.8 cm³/mol. The summed E-state index contributed by atoms with van der Waals surface area (Å²) >= 11 is 0. The molecule has 25 heavy (non-hydrogen) atoms. The van der Waals surface area contributed by atoms with Crippen LogP contribution in [0, 0.1) is 0 Å². The van der Waals surface area contributed by atoms with Crippen LogP contribution in [-0.2, 0) is 4.74 Å². The summed E-state index contributed by atoms with van der Waals surface area (Å²) in [5.41, 5.74) is 2.69. The van der Waals surface area contributed by atoms with Gasteiger partial charge in [0.15, 0.2) is 0 Å². The Morgan fingerprint density at radius 3 is 2.56 bits per heavy atom. The van der Waals surface area contributed by atoms with Crippen molar-refractivity contribution < 1.29 is 14.3 Å². The lowest BCUT2D eigenvalue weighted by Gasteiger charge is -2.27. The van der Waals surface area contributed by atoms with E-state index in [1.165, 1.54) is 6.42 Å². The van der Waals surface area contributed by atoms with Crippen molar-refractivity contribution in [3.63, 3.8) is 0 Å². The molecule has 0 bridgehead atoms. The van der Waals surface area contributed by atoms with E-state index in [1.807, 2.05) is 43.4 Å². The Morgan fingerprint density at radius 2 is 1.96 bits per heavy atom. The molecule has 0 aliphatic carbocycles. The largest absolute Gasteiger partial charge is 0.481 e. The second kappa shape index (κ2) is 8.12. The number of hydrogen-bond acceptors (Lipinski definition) is 4. The minimum Gasteiger partial charge on any atom is -0.481 e. The second-order valence-corrected chi connectivity index (χ2v) is 6.34. The monoisotopic (exact) mass is 340 g/mol. The fourth-order valence-electron chi connectivity index (χ4n) is 3.04. The van der Waals surface area contributed by atoms with Crippen LogP contribution in [0.15, 0.2) is 42.6 Å². The first kappa shape index (κ1) is 17.4. The first-order chi connectivity index (χ1) is 12.2. The van der Waals surface area contributed by atoms with Gasteiger partial charge in [0, 0.05) is 43.6 Å². The number of nitrogens with zero attached hydrogens (tertiary/aromatic N) is 2. The highest BCUT2D eigenvalue weighted by Gasteiger charge is 2.19. The summed E-state index contributed by atoms with van der Waals surface area (Å²) in [5.74, 6) is 0.607.